The normalized spacial score (nSPS) is 11.2. The summed E-state index contributed by atoms with van der Waals surface area (Å²) in [5, 5.41) is 1.11. The first kappa shape index (κ1) is 19.3. The third-order valence-corrected chi connectivity index (χ3v) is 3.85. The van der Waals surface area contributed by atoms with Gasteiger partial charge < -0.3 is 5.73 Å². The zero-order valence-corrected chi connectivity index (χ0v) is 14.9. The molecule has 1 aromatic heterocycles. The Kier molecular flexibility index (Phi) is 6.59. The molecule has 24 heavy (non-hydrogen) atoms. The lowest BCUT2D eigenvalue weighted by molar-refractivity contribution is -0.116. The summed E-state index contributed by atoms with van der Waals surface area (Å²) in [5.74, 6) is 0.469. The van der Waals surface area contributed by atoms with Crippen LogP contribution in [0.2, 0.25) is 0 Å². The minimum Gasteiger partial charge on any atom is -0.384 e. The van der Waals surface area contributed by atoms with Crippen LogP contribution in [0.1, 0.15) is 38.8 Å². The molecule has 2 rings (SSSR count). The zero-order valence-electron chi connectivity index (χ0n) is 14.9. The Labute approximate surface area is 143 Å². The van der Waals surface area contributed by atoms with Crippen molar-refractivity contribution >= 4 is 34.4 Å². The number of Topliss-reactive ketones (excluding diaryl/α,β-unsaturated/α-hetero) is 2. The number of benzene rings is 1. The third-order valence-electron chi connectivity index (χ3n) is 3.85. The summed E-state index contributed by atoms with van der Waals surface area (Å²) in [6.45, 7) is 12.1. The van der Waals surface area contributed by atoms with Crippen molar-refractivity contribution in [3.8, 4) is 0 Å². The maximum absolute atomic E-state index is 10.7. The van der Waals surface area contributed by atoms with E-state index < -0.39 is 0 Å². The summed E-state index contributed by atoms with van der Waals surface area (Å²) < 4.78 is 0. The largest absolute Gasteiger partial charge is 0.384 e. The van der Waals surface area contributed by atoms with Gasteiger partial charge in [-0.1, -0.05) is 24.3 Å². The summed E-state index contributed by atoms with van der Waals surface area (Å²) in [6, 6.07) is 7.95. The molecule has 0 aliphatic rings. The Balaban J connectivity index is 0.000000257. The summed E-state index contributed by atoms with van der Waals surface area (Å²) in [4.78, 5) is 25.6. The van der Waals surface area contributed by atoms with Crippen molar-refractivity contribution < 1.29 is 9.59 Å². The van der Waals surface area contributed by atoms with Crippen molar-refractivity contribution in [2.75, 3.05) is 5.73 Å². The van der Waals surface area contributed by atoms with Crippen LogP contribution in [0.25, 0.3) is 17.0 Å². The Morgan fingerprint density at radius 3 is 2.04 bits per heavy atom. The highest BCUT2D eigenvalue weighted by molar-refractivity contribution is 6.03. The average Bonchev–Trinajstić information content (AvgIpc) is 2.53. The fourth-order valence-electron chi connectivity index (χ4n) is 2.08. The molecule has 4 heteroatoms. The molecule has 0 atom stereocenters. The molecule has 0 radical (unpaired) electrons. The van der Waals surface area contributed by atoms with E-state index in [1.165, 1.54) is 19.4 Å². The quantitative estimate of drug-likeness (QED) is 0.856. The van der Waals surface area contributed by atoms with Gasteiger partial charge in [0.25, 0.3) is 0 Å². The first-order valence-corrected chi connectivity index (χ1v) is 7.66. The highest BCUT2D eigenvalue weighted by Gasteiger charge is 2.04. The van der Waals surface area contributed by atoms with Crippen molar-refractivity contribution in [1.82, 2.24) is 4.98 Å². The van der Waals surface area contributed by atoms with Crippen LogP contribution in [0.5, 0.6) is 0 Å². The second kappa shape index (κ2) is 8.20. The smallest absolute Gasteiger partial charge is 0.155 e. The van der Waals surface area contributed by atoms with Gasteiger partial charge in [0.15, 0.2) is 11.6 Å². The topological polar surface area (TPSA) is 73.0 Å². The number of aromatic nitrogens is 1. The SMILES string of the molecule is C=Cc1cc(N)nc2ccc(C)cc12.CC(=O)/C(C)=C(/C)C(C)=O. The number of aryl methyl sites for hydroxylation is 1. The molecule has 0 spiro atoms. The summed E-state index contributed by atoms with van der Waals surface area (Å²) >= 11 is 0. The number of allylic oxidation sites excluding steroid dienone is 2. The van der Waals surface area contributed by atoms with E-state index in [1.807, 2.05) is 18.2 Å². The number of pyridine rings is 1. The molecule has 2 aromatic rings. The van der Waals surface area contributed by atoms with Gasteiger partial charge in [0, 0.05) is 5.39 Å². The predicted molar refractivity (Wildman–Crippen MR) is 101 cm³/mol. The lowest BCUT2D eigenvalue weighted by Gasteiger charge is -2.04. The first-order valence-electron chi connectivity index (χ1n) is 7.66. The summed E-state index contributed by atoms with van der Waals surface area (Å²) in [6.07, 6.45) is 1.81. The van der Waals surface area contributed by atoms with Gasteiger partial charge in [-0.15, -0.1) is 0 Å². The number of ketones is 2. The molecule has 0 aliphatic carbocycles. The second-order valence-corrected chi connectivity index (χ2v) is 5.72. The Morgan fingerprint density at radius 1 is 1.04 bits per heavy atom. The molecule has 126 valence electrons. The monoisotopic (exact) mass is 324 g/mol. The number of nitrogens with two attached hydrogens (primary N) is 1. The van der Waals surface area contributed by atoms with Crippen LogP contribution in [0.4, 0.5) is 5.82 Å². The maximum atomic E-state index is 10.7. The number of anilines is 1. The van der Waals surface area contributed by atoms with Gasteiger partial charge in [0.2, 0.25) is 0 Å². The van der Waals surface area contributed by atoms with Gasteiger partial charge in [0.05, 0.1) is 5.52 Å². The van der Waals surface area contributed by atoms with Crippen molar-refractivity contribution in [3.05, 3.63) is 53.1 Å². The highest BCUT2D eigenvalue weighted by atomic mass is 16.1. The fraction of sp³-hybridized carbons (Fsp3) is 0.250. The van der Waals surface area contributed by atoms with Crippen molar-refractivity contribution in [2.45, 2.75) is 34.6 Å². The number of carbonyl (C=O) groups is 2. The van der Waals surface area contributed by atoms with Gasteiger partial charge in [-0.25, -0.2) is 4.98 Å². The Morgan fingerprint density at radius 2 is 1.58 bits per heavy atom. The van der Waals surface area contributed by atoms with Gasteiger partial charge in [-0.3, -0.25) is 9.59 Å². The molecule has 0 unspecified atom stereocenters. The number of fused-ring (bicyclic) bond motifs is 1. The lowest BCUT2D eigenvalue weighted by atomic mass is 10.1. The lowest BCUT2D eigenvalue weighted by Crippen LogP contribution is -2.01. The van der Waals surface area contributed by atoms with Crippen molar-refractivity contribution in [3.63, 3.8) is 0 Å². The summed E-state index contributed by atoms with van der Waals surface area (Å²) in [7, 11) is 0. The number of nitrogens with zero attached hydrogens (tertiary/aromatic N) is 1. The zero-order chi connectivity index (χ0) is 18.4. The van der Waals surface area contributed by atoms with E-state index in [1.54, 1.807) is 19.9 Å². The first-order chi connectivity index (χ1) is 11.2. The minimum atomic E-state index is -0.0345. The average molecular weight is 324 g/mol. The van der Waals surface area contributed by atoms with Crippen LogP contribution < -0.4 is 5.73 Å². The van der Waals surface area contributed by atoms with E-state index in [-0.39, 0.29) is 11.6 Å². The van der Waals surface area contributed by atoms with Gasteiger partial charge >= 0.3 is 0 Å². The van der Waals surface area contributed by atoms with Gasteiger partial charge in [-0.2, -0.15) is 0 Å². The Hall–Kier alpha value is -2.75. The molecule has 4 nitrogen and oxygen atoms in total. The van der Waals surface area contributed by atoms with Crippen LogP contribution in [-0.2, 0) is 9.59 Å². The molecule has 0 saturated heterocycles. The fourth-order valence-corrected chi connectivity index (χ4v) is 2.08. The number of rotatable bonds is 3. The molecule has 0 bridgehead atoms. The molecule has 0 amide bonds. The number of carbonyl (C=O) groups excluding carboxylic acids is 2. The maximum Gasteiger partial charge on any atom is 0.155 e. The minimum absolute atomic E-state index is 0.0345. The van der Waals surface area contributed by atoms with Crippen molar-refractivity contribution in [2.24, 2.45) is 0 Å². The van der Waals surface area contributed by atoms with E-state index in [0.29, 0.717) is 17.0 Å². The molecular weight excluding hydrogens is 300 g/mol. The molecule has 1 heterocycles. The van der Waals surface area contributed by atoms with Crippen LogP contribution >= 0.6 is 0 Å². The van der Waals surface area contributed by atoms with Gasteiger partial charge in [-0.05, 0) is 69.5 Å². The number of hydrogen-bond donors (Lipinski definition) is 1. The Bertz CT molecular complexity index is 811. The van der Waals surface area contributed by atoms with E-state index in [0.717, 1.165) is 16.5 Å². The van der Waals surface area contributed by atoms with E-state index >= 15 is 0 Å². The molecule has 0 fully saturated rings. The molecule has 1 aromatic carbocycles. The third kappa shape index (κ3) is 4.88. The van der Waals surface area contributed by atoms with Crippen LogP contribution in [-0.4, -0.2) is 16.6 Å². The number of nitrogen functional groups attached to an aromatic ring is 1. The van der Waals surface area contributed by atoms with Crippen LogP contribution in [0, 0.1) is 6.92 Å². The number of hydrogen-bond acceptors (Lipinski definition) is 4. The highest BCUT2D eigenvalue weighted by Crippen LogP contribution is 2.21. The van der Waals surface area contributed by atoms with Crippen LogP contribution in [0.3, 0.4) is 0 Å². The van der Waals surface area contributed by atoms with E-state index in [9.17, 15) is 9.59 Å². The van der Waals surface area contributed by atoms with Gasteiger partial charge in [0.1, 0.15) is 5.82 Å². The molecule has 2 N–H and O–H groups in total. The summed E-state index contributed by atoms with van der Waals surface area (Å²) in [5.41, 5.74) is 9.98. The second-order valence-electron chi connectivity index (χ2n) is 5.72. The van der Waals surface area contributed by atoms with Crippen molar-refractivity contribution in [1.29, 1.82) is 0 Å². The van der Waals surface area contributed by atoms with E-state index in [4.69, 9.17) is 5.73 Å². The standard InChI is InChI=1S/C12H12N2.C8H12O2/c1-3-9-7-12(13)14-11-5-4-8(2)6-10(9)11;1-5(7(3)9)6(2)8(4)10/h3-7H,1H2,2H3,(H2,13,14);1-4H3/b;6-5-. The van der Waals surface area contributed by atoms with E-state index in [2.05, 4.69) is 24.6 Å². The molecule has 0 saturated carbocycles. The predicted octanol–water partition coefficient (Wildman–Crippen LogP) is 4.27. The van der Waals surface area contributed by atoms with Crippen LogP contribution in [0.15, 0.2) is 42.0 Å². The molecular formula is C20H24N2O2. The molecule has 0 aliphatic heterocycles.